The first-order valence-electron chi connectivity index (χ1n) is 27.9. The van der Waals surface area contributed by atoms with Crippen LogP contribution in [0.5, 0.6) is 5.75 Å². The summed E-state index contributed by atoms with van der Waals surface area (Å²) in [5.74, 6) is 0.584. The number of benzene rings is 7. The molecular formula is C69H75N3O. The number of para-hydroxylation sites is 1. The molecule has 0 bridgehead atoms. The van der Waals surface area contributed by atoms with Gasteiger partial charge in [0, 0.05) is 27.0 Å². The lowest BCUT2D eigenvalue weighted by Gasteiger charge is -2.36. The number of aromatic hydroxyl groups is 1. The Balaban J connectivity index is 1.38. The van der Waals surface area contributed by atoms with Crippen molar-refractivity contribution in [1.29, 1.82) is 0 Å². The van der Waals surface area contributed by atoms with Gasteiger partial charge in [-0.25, -0.2) is 4.98 Å². The molecule has 0 radical (unpaired) electrons. The van der Waals surface area contributed by atoms with Gasteiger partial charge < -0.3 is 5.11 Å². The number of hydrogen-bond donors (Lipinski definition) is 1. The molecule has 0 atom stereocenters. The second-order valence-corrected chi connectivity index (χ2v) is 22.8. The highest BCUT2D eigenvalue weighted by molar-refractivity contribution is 5.98. The number of aromatic nitrogens is 3. The summed E-state index contributed by atoms with van der Waals surface area (Å²) in [5, 5.41) is 12.7. The van der Waals surface area contributed by atoms with E-state index >= 15 is 0 Å². The molecule has 1 N–H and O–H groups in total. The highest BCUT2D eigenvalue weighted by Gasteiger charge is 2.34. The van der Waals surface area contributed by atoms with Crippen molar-refractivity contribution in [2.45, 2.75) is 137 Å². The molecule has 0 saturated heterocycles. The molecule has 4 heteroatoms. The van der Waals surface area contributed by atoms with E-state index in [9.17, 15) is 9.22 Å². The third kappa shape index (κ3) is 9.58. The average Bonchev–Trinajstić information content (AvgIpc) is 3.81. The Morgan fingerprint density at radius 3 is 1.67 bits per heavy atom. The molecular weight excluding hydrogens is 887 g/mol. The first-order valence-corrected chi connectivity index (χ1v) is 26.4. The fraction of sp³-hybridized carbons (Fsp3) is 0.304. The van der Waals surface area contributed by atoms with Gasteiger partial charge in [0.1, 0.15) is 11.6 Å². The normalized spacial score (nSPS) is 13.2. The van der Waals surface area contributed by atoms with E-state index in [1.807, 2.05) is 53.2 Å². The van der Waals surface area contributed by atoms with Gasteiger partial charge in [0.2, 0.25) is 0 Å². The molecule has 0 spiro atoms. The van der Waals surface area contributed by atoms with Crippen LogP contribution in [0.15, 0.2) is 164 Å². The number of hydrogen-bond acceptors (Lipinski definition) is 3. The average molecular weight is 965 g/mol. The minimum absolute atomic E-state index is 0.124. The molecule has 0 aliphatic heterocycles. The van der Waals surface area contributed by atoms with E-state index in [4.69, 9.17) is 9.97 Å². The zero-order valence-corrected chi connectivity index (χ0v) is 45.2. The second-order valence-electron chi connectivity index (χ2n) is 22.8. The standard InChI is InChI=1S/C69H75N3O/c1-14-68(12,15-2)56-31-25-32-57(69(13,16-3)17-4)62(56)49-34-35-60(45(5)38-49)72-61-33-24-30-54(63(61)71-65(72)55-43-53(66(6,7)8)44-58(64(55)73)67(9,10)11)51-39-50(47-28-22-19-23-29-47)40-52(41-51)59-42-48(36-37-70-59)46-26-20-18-21-27-46/h18-44,73H,14-17H2,1-13H3/i5D3. The lowest BCUT2D eigenvalue weighted by atomic mass is 9.68. The topological polar surface area (TPSA) is 50.9 Å². The minimum Gasteiger partial charge on any atom is -0.507 e. The molecule has 9 aromatic rings. The van der Waals surface area contributed by atoms with Gasteiger partial charge in [-0.15, -0.1) is 0 Å². The zero-order valence-electron chi connectivity index (χ0n) is 48.2. The first-order chi connectivity index (χ1) is 36.0. The van der Waals surface area contributed by atoms with E-state index < -0.39 is 12.3 Å². The van der Waals surface area contributed by atoms with Crippen LogP contribution in [0, 0.1) is 6.85 Å². The maximum Gasteiger partial charge on any atom is 0.149 e. The SMILES string of the molecule is [2H]C([2H])([2H])c1cc(-c2c(C(C)(CC)CC)cccc2C(C)(CC)CC)ccc1-n1c(-c2cc(C(C)(C)C)cc(C(C)(C)C)c2O)nc2c(-c3cc(-c4ccccc4)cc(-c4cc(-c5ccccc5)ccn4)c3)cccc21. The van der Waals surface area contributed by atoms with E-state index in [0.717, 1.165) is 98.1 Å². The molecule has 7 aromatic carbocycles. The summed E-state index contributed by atoms with van der Waals surface area (Å²) >= 11 is 0. The summed E-state index contributed by atoms with van der Waals surface area (Å²) in [7, 11) is 0. The maximum atomic E-state index is 12.7. The molecule has 0 saturated carbocycles. The van der Waals surface area contributed by atoms with E-state index in [-0.39, 0.29) is 27.6 Å². The van der Waals surface area contributed by atoms with Crippen LogP contribution >= 0.6 is 0 Å². The fourth-order valence-corrected chi connectivity index (χ4v) is 10.7. The summed E-state index contributed by atoms with van der Waals surface area (Å²) < 4.78 is 30.3. The van der Waals surface area contributed by atoms with Crippen molar-refractivity contribution >= 4 is 11.0 Å². The van der Waals surface area contributed by atoms with Crippen LogP contribution < -0.4 is 0 Å². The molecule has 0 fully saturated rings. The molecule has 9 rings (SSSR count). The van der Waals surface area contributed by atoms with Crippen molar-refractivity contribution in [3.63, 3.8) is 0 Å². The Morgan fingerprint density at radius 2 is 1.08 bits per heavy atom. The molecule has 0 aliphatic rings. The number of phenolic OH excluding ortho intramolecular Hbond substituents is 1. The van der Waals surface area contributed by atoms with Crippen molar-refractivity contribution in [2.75, 3.05) is 0 Å². The van der Waals surface area contributed by atoms with Crippen molar-refractivity contribution < 1.29 is 9.22 Å². The van der Waals surface area contributed by atoms with Gasteiger partial charge in [-0.3, -0.25) is 9.55 Å². The first kappa shape index (κ1) is 47.0. The van der Waals surface area contributed by atoms with E-state index in [1.54, 1.807) is 0 Å². The Hall–Kier alpha value is -7.04. The van der Waals surface area contributed by atoms with Crippen LogP contribution in [0.25, 0.3) is 83.9 Å². The number of aryl methyl sites for hydroxylation is 1. The van der Waals surface area contributed by atoms with Crippen LogP contribution in [0.4, 0.5) is 0 Å². The lowest BCUT2D eigenvalue weighted by Crippen LogP contribution is -2.25. The zero-order chi connectivity index (χ0) is 54.5. The number of pyridine rings is 1. The summed E-state index contributed by atoms with van der Waals surface area (Å²) in [5.41, 5.74) is 15.7. The third-order valence-electron chi connectivity index (χ3n) is 16.2. The van der Waals surface area contributed by atoms with Gasteiger partial charge in [-0.05, 0) is 170 Å². The molecule has 0 unspecified atom stereocenters. The Kier molecular flexibility index (Phi) is 12.7. The molecule has 0 aliphatic carbocycles. The van der Waals surface area contributed by atoms with E-state index in [1.165, 1.54) is 11.1 Å². The molecule has 372 valence electrons. The minimum atomic E-state index is -2.55. The van der Waals surface area contributed by atoms with Crippen LogP contribution in [0.2, 0.25) is 0 Å². The molecule has 73 heavy (non-hydrogen) atoms. The highest BCUT2D eigenvalue weighted by Crippen LogP contribution is 2.48. The second kappa shape index (κ2) is 19.8. The smallest absolute Gasteiger partial charge is 0.149 e. The van der Waals surface area contributed by atoms with Crippen molar-refractivity contribution in [3.8, 4) is 78.6 Å². The van der Waals surface area contributed by atoms with Crippen LogP contribution in [0.1, 0.15) is 141 Å². The number of fused-ring (bicyclic) bond motifs is 1. The highest BCUT2D eigenvalue weighted by atomic mass is 16.3. The van der Waals surface area contributed by atoms with Crippen molar-refractivity contribution in [2.24, 2.45) is 0 Å². The van der Waals surface area contributed by atoms with Gasteiger partial charge in [-0.1, -0.05) is 186 Å². The number of rotatable bonds is 13. The van der Waals surface area contributed by atoms with Gasteiger partial charge in [0.25, 0.3) is 0 Å². The van der Waals surface area contributed by atoms with Crippen molar-refractivity contribution in [3.05, 3.63) is 192 Å². The van der Waals surface area contributed by atoms with Crippen LogP contribution in [0.3, 0.4) is 0 Å². The summed E-state index contributed by atoms with van der Waals surface area (Å²) in [6.07, 6.45) is 5.62. The predicted octanol–water partition coefficient (Wildman–Crippen LogP) is 19.2. The van der Waals surface area contributed by atoms with Crippen LogP contribution in [-0.4, -0.2) is 19.6 Å². The number of nitrogens with zero attached hydrogens (tertiary/aromatic N) is 3. The molecule has 2 heterocycles. The number of phenols is 1. The van der Waals surface area contributed by atoms with E-state index in [0.29, 0.717) is 22.6 Å². The molecule has 2 aromatic heterocycles. The molecule has 0 amide bonds. The maximum absolute atomic E-state index is 12.7. The fourth-order valence-electron chi connectivity index (χ4n) is 10.7. The van der Waals surface area contributed by atoms with Gasteiger partial charge >= 0.3 is 0 Å². The Bertz CT molecular complexity index is 3530. The van der Waals surface area contributed by atoms with Gasteiger partial charge in [0.15, 0.2) is 0 Å². The lowest BCUT2D eigenvalue weighted by molar-refractivity contribution is 0.426. The van der Waals surface area contributed by atoms with Crippen molar-refractivity contribution in [1.82, 2.24) is 14.5 Å². The Morgan fingerprint density at radius 1 is 0.493 bits per heavy atom. The Labute approximate surface area is 440 Å². The largest absolute Gasteiger partial charge is 0.507 e. The number of imidazole rings is 1. The summed E-state index contributed by atoms with van der Waals surface area (Å²) in [6.45, 7) is 24.0. The molecule has 4 nitrogen and oxygen atoms in total. The summed E-state index contributed by atoms with van der Waals surface area (Å²) in [6, 6.07) is 54.6. The quantitative estimate of drug-likeness (QED) is 0.125. The van der Waals surface area contributed by atoms with Gasteiger partial charge in [-0.2, -0.15) is 0 Å². The monoisotopic (exact) mass is 965 g/mol. The van der Waals surface area contributed by atoms with Crippen LogP contribution in [-0.2, 0) is 21.7 Å². The third-order valence-corrected chi connectivity index (χ3v) is 16.2. The van der Waals surface area contributed by atoms with Gasteiger partial charge in [0.05, 0.1) is 28.0 Å². The summed E-state index contributed by atoms with van der Waals surface area (Å²) in [4.78, 5) is 10.6. The van der Waals surface area contributed by atoms with E-state index in [2.05, 4.69) is 198 Å². The predicted molar refractivity (Wildman–Crippen MR) is 311 cm³/mol.